The van der Waals surface area contributed by atoms with E-state index >= 15 is 0 Å². The summed E-state index contributed by atoms with van der Waals surface area (Å²) in [5.74, 6) is -0.203. The first-order valence-electron chi connectivity index (χ1n) is 17.2. The summed E-state index contributed by atoms with van der Waals surface area (Å²) in [4.78, 5) is 0. The molecule has 2 aromatic heterocycles. The van der Waals surface area contributed by atoms with E-state index in [0.717, 1.165) is 37.1 Å². The fourth-order valence-corrected chi connectivity index (χ4v) is 8.19. The number of nitrogens with zero attached hydrogens (tertiary/aromatic N) is 2. The lowest BCUT2D eigenvalue weighted by Gasteiger charge is -2.18. The van der Waals surface area contributed by atoms with Crippen LogP contribution in [0.5, 0.6) is 0 Å². The molecule has 0 fully saturated rings. The normalized spacial score (nSPS) is 13.9. The molecule has 2 aliphatic rings. The Kier molecular flexibility index (Phi) is 6.35. The number of allylic oxidation sites excluding steroid dienone is 1. The average Bonchev–Trinajstić information content (AvgIpc) is 3.67. The van der Waals surface area contributed by atoms with Gasteiger partial charge in [-0.25, -0.2) is 4.39 Å². The number of hydrogen-bond donors (Lipinski definition) is 0. The van der Waals surface area contributed by atoms with E-state index in [1.54, 1.807) is 12.1 Å². The molecule has 0 radical (unpaired) electrons. The van der Waals surface area contributed by atoms with E-state index in [2.05, 4.69) is 137 Å². The average molecular weight is 633 g/mol. The summed E-state index contributed by atoms with van der Waals surface area (Å²) in [5, 5.41) is 7.60. The van der Waals surface area contributed by atoms with E-state index in [-0.39, 0.29) is 5.82 Å². The molecule has 2 aliphatic carbocycles. The Hall–Kier alpha value is -5.93. The number of aromatic nitrogens is 2. The Morgan fingerprint density at radius 2 is 1.20 bits per heavy atom. The number of fused-ring (bicyclic) bond motifs is 7. The number of para-hydroxylation sites is 1. The number of rotatable bonds is 4. The number of halogens is 1. The highest BCUT2D eigenvalue weighted by molar-refractivity contribution is 6.10. The maximum atomic E-state index is 13.8. The quantitative estimate of drug-likeness (QED) is 0.183. The summed E-state index contributed by atoms with van der Waals surface area (Å²) in [6, 6.07) is 46.9. The predicted molar refractivity (Wildman–Crippen MR) is 203 cm³/mol. The SMILES string of the molecule is Fc1ccc(-n2c3c(c4c2=CCCC=4)C=C(c2ccc4c(c2)c2ccccc2n4-c2ccc(-c4ccc5ccccc5c4)cc2)CC3)cc1. The molecule has 10 rings (SSSR count). The van der Waals surface area contributed by atoms with Gasteiger partial charge in [0.15, 0.2) is 0 Å². The van der Waals surface area contributed by atoms with Gasteiger partial charge in [0.25, 0.3) is 0 Å². The first kappa shape index (κ1) is 28.1. The van der Waals surface area contributed by atoms with Crippen LogP contribution in [0.2, 0.25) is 0 Å². The van der Waals surface area contributed by atoms with Gasteiger partial charge in [-0.1, -0.05) is 84.9 Å². The third kappa shape index (κ3) is 4.53. The van der Waals surface area contributed by atoms with Crippen molar-refractivity contribution in [2.24, 2.45) is 0 Å². The van der Waals surface area contributed by atoms with Crippen molar-refractivity contribution in [3.05, 3.63) is 167 Å². The van der Waals surface area contributed by atoms with E-state index in [9.17, 15) is 4.39 Å². The van der Waals surface area contributed by atoms with Crippen LogP contribution in [0.3, 0.4) is 0 Å². The van der Waals surface area contributed by atoms with Gasteiger partial charge in [0.1, 0.15) is 5.82 Å². The van der Waals surface area contributed by atoms with Crippen LogP contribution < -0.4 is 10.6 Å². The van der Waals surface area contributed by atoms with Crippen LogP contribution in [0.15, 0.2) is 133 Å². The Morgan fingerprint density at radius 1 is 0.510 bits per heavy atom. The molecule has 2 heterocycles. The summed E-state index contributed by atoms with van der Waals surface area (Å²) >= 11 is 0. The predicted octanol–water partition coefficient (Wildman–Crippen LogP) is 10.4. The smallest absolute Gasteiger partial charge is 0.123 e. The van der Waals surface area contributed by atoms with E-state index in [1.165, 1.54) is 76.7 Å². The van der Waals surface area contributed by atoms with Gasteiger partial charge < -0.3 is 9.13 Å². The van der Waals surface area contributed by atoms with Crippen molar-refractivity contribution in [3.63, 3.8) is 0 Å². The van der Waals surface area contributed by atoms with Crippen LogP contribution in [0.25, 0.3) is 78.9 Å². The van der Waals surface area contributed by atoms with Crippen LogP contribution in [-0.4, -0.2) is 9.13 Å². The minimum atomic E-state index is -0.203. The fourth-order valence-electron chi connectivity index (χ4n) is 8.19. The molecule has 49 heavy (non-hydrogen) atoms. The highest BCUT2D eigenvalue weighted by Crippen LogP contribution is 2.37. The second-order valence-electron chi connectivity index (χ2n) is 13.3. The monoisotopic (exact) mass is 632 g/mol. The molecule has 234 valence electrons. The summed E-state index contributed by atoms with van der Waals surface area (Å²) in [7, 11) is 0. The van der Waals surface area contributed by atoms with Gasteiger partial charge >= 0.3 is 0 Å². The molecule has 0 saturated carbocycles. The summed E-state index contributed by atoms with van der Waals surface area (Å²) in [6.07, 6.45) is 11.1. The molecule has 0 unspecified atom stereocenters. The molecule has 6 aromatic carbocycles. The van der Waals surface area contributed by atoms with E-state index < -0.39 is 0 Å². The van der Waals surface area contributed by atoms with Crippen LogP contribution in [0, 0.1) is 5.82 Å². The van der Waals surface area contributed by atoms with Crippen LogP contribution in [-0.2, 0) is 6.42 Å². The molecule has 3 heteroatoms. The van der Waals surface area contributed by atoms with Crippen LogP contribution in [0.1, 0.15) is 36.1 Å². The van der Waals surface area contributed by atoms with Crippen molar-refractivity contribution >= 4 is 56.4 Å². The van der Waals surface area contributed by atoms with Crippen molar-refractivity contribution in [1.82, 2.24) is 9.13 Å². The molecule has 8 aromatic rings. The molecule has 0 amide bonds. The molecule has 2 nitrogen and oxygen atoms in total. The third-order valence-electron chi connectivity index (χ3n) is 10.5. The largest absolute Gasteiger partial charge is 0.313 e. The zero-order valence-corrected chi connectivity index (χ0v) is 27.0. The zero-order chi connectivity index (χ0) is 32.5. The summed E-state index contributed by atoms with van der Waals surface area (Å²) in [5.41, 5.74) is 12.3. The second-order valence-corrected chi connectivity index (χ2v) is 13.3. The van der Waals surface area contributed by atoms with E-state index in [1.807, 2.05) is 12.1 Å². The molecule has 0 bridgehead atoms. The second kappa shape index (κ2) is 11.1. The van der Waals surface area contributed by atoms with Gasteiger partial charge in [-0.05, 0) is 125 Å². The maximum absolute atomic E-state index is 13.8. The topological polar surface area (TPSA) is 9.86 Å². The minimum Gasteiger partial charge on any atom is -0.313 e. The Labute approximate surface area is 284 Å². The standard InChI is InChI=1S/C46H33FN2/c47-36-19-23-38(24-20-36)49-44-12-6-4-10-40(44)42-29-35(18-26-46(42)49)34-17-25-45-41(28-34)39-9-3-5-11-43(39)48(45)37-21-15-31(16-22-37)33-14-13-30-7-1-2-8-32(30)27-33/h1-3,5,7-17,19-25,27-29H,4,6,18,26H2. The van der Waals surface area contributed by atoms with Crippen LogP contribution in [0.4, 0.5) is 4.39 Å². The third-order valence-corrected chi connectivity index (χ3v) is 10.5. The Balaban J connectivity index is 1.07. The summed E-state index contributed by atoms with van der Waals surface area (Å²) in [6.45, 7) is 0. The van der Waals surface area contributed by atoms with Gasteiger partial charge in [0.05, 0.1) is 11.0 Å². The zero-order valence-electron chi connectivity index (χ0n) is 27.0. The van der Waals surface area contributed by atoms with Crippen molar-refractivity contribution in [1.29, 1.82) is 0 Å². The highest BCUT2D eigenvalue weighted by atomic mass is 19.1. The van der Waals surface area contributed by atoms with Gasteiger partial charge in [-0.3, -0.25) is 0 Å². The van der Waals surface area contributed by atoms with E-state index in [4.69, 9.17) is 0 Å². The van der Waals surface area contributed by atoms with Gasteiger partial charge in [0, 0.05) is 44.0 Å². The van der Waals surface area contributed by atoms with Crippen molar-refractivity contribution in [2.75, 3.05) is 0 Å². The lowest BCUT2D eigenvalue weighted by atomic mass is 9.90. The van der Waals surface area contributed by atoms with Gasteiger partial charge in [-0.2, -0.15) is 0 Å². The minimum absolute atomic E-state index is 0.203. The number of benzene rings is 6. The number of hydrogen-bond acceptors (Lipinski definition) is 0. The summed E-state index contributed by atoms with van der Waals surface area (Å²) < 4.78 is 18.6. The van der Waals surface area contributed by atoms with Crippen molar-refractivity contribution in [2.45, 2.75) is 25.7 Å². The molecular formula is C46H33FN2. The Morgan fingerprint density at radius 3 is 2.08 bits per heavy atom. The molecular weight excluding hydrogens is 600 g/mol. The molecule has 0 atom stereocenters. The van der Waals surface area contributed by atoms with Gasteiger partial charge in [0.2, 0.25) is 0 Å². The molecule has 0 N–H and O–H groups in total. The maximum Gasteiger partial charge on any atom is 0.123 e. The molecule has 0 saturated heterocycles. The first-order valence-corrected chi connectivity index (χ1v) is 17.2. The first-order chi connectivity index (χ1) is 24.2. The fraction of sp³-hybridized carbons (Fsp3) is 0.0870. The highest BCUT2D eigenvalue weighted by Gasteiger charge is 2.22. The van der Waals surface area contributed by atoms with Gasteiger partial charge in [-0.15, -0.1) is 0 Å². The molecule has 0 spiro atoms. The lowest BCUT2D eigenvalue weighted by Crippen LogP contribution is -2.31. The Bertz CT molecular complexity index is 2760. The lowest BCUT2D eigenvalue weighted by molar-refractivity contribution is 0.627. The van der Waals surface area contributed by atoms with E-state index in [0.29, 0.717) is 0 Å². The van der Waals surface area contributed by atoms with Crippen molar-refractivity contribution < 1.29 is 4.39 Å². The molecule has 0 aliphatic heterocycles. The van der Waals surface area contributed by atoms with Crippen LogP contribution >= 0.6 is 0 Å². The van der Waals surface area contributed by atoms with Crippen molar-refractivity contribution in [3.8, 4) is 22.5 Å².